The summed E-state index contributed by atoms with van der Waals surface area (Å²) >= 11 is 0. The van der Waals surface area contributed by atoms with Gasteiger partial charge in [0.2, 0.25) is 5.88 Å². The second kappa shape index (κ2) is 8.47. The lowest BCUT2D eigenvalue weighted by Crippen LogP contribution is -2.42. The third-order valence-electron chi connectivity index (χ3n) is 5.56. The van der Waals surface area contributed by atoms with Gasteiger partial charge in [0.05, 0.1) is 24.2 Å². The predicted molar refractivity (Wildman–Crippen MR) is 121 cm³/mol. The highest BCUT2D eigenvalue weighted by atomic mass is 16.5. The van der Waals surface area contributed by atoms with Gasteiger partial charge < -0.3 is 24.1 Å². The summed E-state index contributed by atoms with van der Waals surface area (Å²) in [5.41, 5.74) is 2.50. The predicted octanol–water partition coefficient (Wildman–Crippen LogP) is 3.34. The Kier molecular flexibility index (Phi) is 5.02. The number of imidazole rings is 1. The SMILES string of the molecule is O=C(c1cnc(Oc2cc(O[C@H]3C=COC3)cc(-c3nc4ncccc4[nH]3)c2)cn1)N1CCC1. The number of ether oxygens (including phenoxy) is 3. The highest BCUT2D eigenvalue weighted by Crippen LogP contribution is 2.32. The maximum atomic E-state index is 12.3. The molecule has 1 fully saturated rings. The van der Waals surface area contributed by atoms with Crippen LogP contribution in [0.4, 0.5) is 0 Å². The number of nitrogens with one attached hydrogen (secondary N) is 1. The number of hydrogen-bond donors (Lipinski definition) is 1. The Hall–Kier alpha value is -4.47. The molecule has 170 valence electrons. The fourth-order valence-electron chi connectivity index (χ4n) is 3.70. The van der Waals surface area contributed by atoms with Crippen LogP contribution in [0.15, 0.2) is 61.3 Å². The lowest BCUT2D eigenvalue weighted by molar-refractivity contribution is 0.0645. The van der Waals surface area contributed by atoms with E-state index in [0.29, 0.717) is 35.3 Å². The average Bonchev–Trinajstić information content (AvgIpc) is 3.48. The van der Waals surface area contributed by atoms with Gasteiger partial charge in [-0.2, -0.15) is 0 Å². The summed E-state index contributed by atoms with van der Waals surface area (Å²) in [7, 11) is 0. The topological polar surface area (TPSA) is 115 Å². The van der Waals surface area contributed by atoms with Crippen molar-refractivity contribution in [1.29, 1.82) is 0 Å². The molecule has 0 radical (unpaired) electrons. The Labute approximate surface area is 194 Å². The molecule has 3 aromatic heterocycles. The number of aromatic amines is 1. The molecule has 0 saturated carbocycles. The Bertz CT molecular complexity index is 1350. The maximum absolute atomic E-state index is 12.3. The number of H-pyrrole nitrogens is 1. The molecular weight excluding hydrogens is 436 g/mol. The number of amides is 1. The number of nitrogens with zero attached hydrogens (tertiary/aromatic N) is 5. The standard InChI is InChI=1S/C24H20N6O4/c31-24(30-6-2-7-30)20-12-27-21(13-26-20)34-18-10-15(9-17(11-18)33-16-4-8-32-14-16)22-28-19-3-1-5-25-23(19)29-22/h1,3-5,8-13,16H,2,6-7,14H2,(H,25,28,29)/t16-/m0/s1. The van der Waals surface area contributed by atoms with E-state index >= 15 is 0 Å². The van der Waals surface area contributed by atoms with Crippen molar-refractivity contribution < 1.29 is 19.0 Å². The molecule has 5 heterocycles. The van der Waals surface area contributed by atoms with E-state index in [1.54, 1.807) is 23.4 Å². The van der Waals surface area contributed by atoms with Gasteiger partial charge in [-0.05, 0) is 36.8 Å². The zero-order valence-corrected chi connectivity index (χ0v) is 18.0. The number of hydrogen-bond acceptors (Lipinski definition) is 8. The highest BCUT2D eigenvalue weighted by molar-refractivity contribution is 5.92. The number of aromatic nitrogens is 5. The first-order valence-corrected chi connectivity index (χ1v) is 10.9. The van der Waals surface area contributed by atoms with Crippen molar-refractivity contribution in [1.82, 2.24) is 29.8 Å². The molecule has 1 saturated heterocycles. The molecule has 0 unspecified atom stereocenters. The van der Waals surface area contributed by atoms with Gasteiger partial charge in [-0.3, -0.25) is 4.79 Å². The summed E-state index contributed by atoms with van der Waals surface area (Å²) in [4.78, 5) is 34.7. The van der Waals surface area contributed by atoms with Crippen molar-refractivity contribution in [2.24, 2.45) is 0 Å². The second-order valence-electron chi connectivity index (χ2n) is 7.96. The minimum Gasteiger partial charge on any atom is -0.497 e. The van der Waals surface area contributed by atoms with Crippen molar-refractivity contribution in [2.45, 2.75) is 12.5 Å². The molecule has 10 nitrogen and oxygen atoms in total. The average molecular weight is 456 g/mol. The van der Waals surface area contributed by atoms with E-state index in [2.05, 4.69) is 24.9 Å². The number of rotatable bonds is 6. The highest BCUT2D eigenvalue weighted by Gasteiger charge is 2.23. The number of carbonyl (C=O) groups excluding carboxylic acids is 1. The van der Waals surface area contributed by atoms with E-state index in [9.17, 15) is 4.79 Å². The molecule has 2 aliphatic rings. The number of pyridine rings is 1. The quantitative estimate of drug-likeness (QED) is 0.470. The fourth-order valence-corrected chi connectivity index (χ4v) is 3.70. The van der Waals surface area contributed by atoms with Gasteiger partial charge in [0.1, 0.15) is 29.6 Å². The Morgan fingerprint density at radius 1 is 1.12 bits per heavy atom. The summed E-state index contributed by atoms with van der Waals surface area (Å²) in [6.45, 7) is 1.95. The third-order valence-corrected chi connectivity index (χ3v) is 5.56. The zero-order chi connectivity index (χ0) is 22.9. The van der Waals surface area contributed by atoms with Gasteiger partial charge in [0.25, 0.3) is 5.91 Å². The van der Waals surface area contributed by atoms with Gasteiger partial charge in [-0.15, -0.1) is 0 Å². The minimum atomic E-state index is -0.202. The first-order valence-electron chi connectivity index (χ1n) is 10.9. The van der Waals surface area contributed by atoms with Gasteiger partial charge in [-0.1, -0.05) is 0 Å². The van der Waals surface area contributed by atoms with E-state index in [4.69, 9.17) is 14.2 Å². The van der Waals surface area contributed by atoms with Crippen LogP contribution in [0.2, 0.25) is 0 Å². The number of carbonyl (C=O) groups is 1. The van der Waals surface area contributed by atoms with E-state index in [0.717, 1.165) is 30.6 Å². The molecule has 10 heteroatoms. The molecule has 4 aromatic rings. The van der Waals surface area contributed by atoms with Crippen LogP contribution in [-0.4, -0.2) is 61.5 Å². The Balaban J connectivity index is 1.30. The lowest BCUT2D eigenvalue weighted by Gasteiger charge is -2.30. The Morgan fingerprint density at radius 2 is 2.03 bits per heavy atom. The molecule has 2 aliphatic heterocycles. The van der Waals surface area contributed by atoms with E-state index in [1.165, 1.54) is 12.4 Å². The van der Waals surface area contributed by atoms with Crippen molar-refractivity contribution >= 4 is 17.1 Å². The summed E-state index contributed by atoms with van der Waals surface area (Å²) in [5, 5.41) is 0. The molecular formula is C24H20N6O4. The number of fused-ring (bicyclic) bond motifs is 1. The smallest absolute Gasteiger partial charge is 0.274 e. The van der Waals surface area contributed by atoms with Crippen molar-refractivity contribution in [3.8, 4) is 28.8 Å². The summed E-state index contributed by atoms with van der Waals surface area (Å²) in [5.74, 6) is 1.84. The van der Waals surface area contributed by atoms with Crippen molar-refractivity contribution in [3.63, 3.8) is 0 Å². The van der Waals surface area contributed by atoms with E-state index in [-0.39, 0.29) is 17.9 Å². The molecule has 1 aromatic carbocycles. The van der Waals surface area contributed by atoms with Gasteiger partial charge >= 0.3 is 0 Å². The zero-order valence-electron chi connectivity index (χ0n) is 18.0. The van der Waals surface area contributed by atoms with Crippen LogP contribution >= 0.6 is 0 Å². The molecule has 1 atom stereocenters. The second-order valence-corrected chi connectivity index (χ2v) is 7.96. The molecule has 34 heavy (non-hydrogen) atoms. The van der Waals surface area contributed by atoms with Crippen molar-refractivity contribution in [2.75, 3.05) is 19.7 Å². The van der Waals surface area contributed by atoms with E-state index < -0.39 is 0 Å². The van der Waals surface area contributed by atoms with Crippen molar-refractivity contribution in [3.05, 3.63) is 67.0 Å². The molecule has 1 amide bonds. The summed E-state index contributed by atoms with van der Waals surface area (Å²) in [6.07, 6.45) is 8.86. The molecule has 0 aliphatic carbocycles. The molecule has 0 spiro atoms. The molecule has 6 rings (SSSR count). The number of benzene rings is 1. The summed E-state index contributed by atoms with van der Waals surface area (Å²) in [6, 6.07) is 9.22. The van der Waals surface area contributed by atoms with Gasteiger partial charge in [-0.25, -0.2) is 19.9 Å². The first-order chi connectivity index (χ1) is 16.7. The van der Waals surface area contributed by atoms with Gasteiger partial charge in [0.15, 0.2) is 11.8 Å². The van der Waals surface area contributed by atoms with Crippen LogP contribution < -0.4 is 9.47 Å². The minimum absolute atomic E-state index is 0.117. The first kappa shape index (κ1) is 20.2. The van der Waals surface area contributed by atoms with E-state index in [1.807, 2.05) is 30.3 Å². The van der Waals surface area contributed by atoms with Gasteiger partial charge in [0, 0.05) is 30.9 Å². The lowest BCUT2D eigenvalue weighted by atomic mass is 10.2. The molecule has 1 N–H and O–H groups in total. The molecule has 0 bridgehead atoms. The maximum Gasteiger partial charge on any atom is 0.274 e. The van der Waals surface area contributed by atoms with Crippen LogP contribution in [-0.2, 0) is 4.74 Å². The van der Waals surface area contributed by atoms with Crippen LogP contribution in [0.25, 0.3) is 22.6 Å². The van der Waals surface area contributed by atoms with Crippen LogP contribution in [0.5, 0.6) is 17.4 Å². The van der Waals surface area contributed by atoms with Crippen LogP contribution in [0, 0.1) is 0 Å². The number of likely N-dealkylation sites (tertiary alicyclic amines) is 1. The van der Waals surface area contributed by atoms with Crippen LogP contribution in [0.3, 0.4) is 0 Å². The fraction of sp³-hybridized carbons (Fsp3) is 0.208. The monoisotopic (exact) mass is 456 g/mol. The normalized spacial score (nSPS) is 16.8. The Morgan fingerprint density at radius 3 is 2.76 bits per heavy atom. The largest absolute Gasteiger partial charge is 0.497 e. The third kappa shape index (κ3) is 4.01. The summed E-state index contributed by atoms with van der Waals surface area (Å²) < 4.78 is 17.3. The van der Waals surface area contributed by atoms with Crippen LogP contribution in [0.1, 0.15) is 16.9 Å².